The minimum absolute atomic E-state index is 0.109. The molecule has 5 rings (SSSR count). The van der Waals surface area contributed by atoms with Gasteiger partial charge < -0.3 is 66.3 Å². The van der Waals surface area contributed by atoms with Crippen molar-refractivity contribution in [1.29, 1.82) is 0 Å². The number of carbonyl (C=O) groups excluding carboxylic acids is 14. The van der Waals surface area contributed by atoms with Crippen LogP contribution in [0.25, 0.3) is 0 Å². The fraction of sp³-hybridized carbons (Fsp3) is 0.294. The van der Waals surface area contributed by atoms with Crippen LogP contribution in [-0.2, 0) is 99.9 Å². The first-order chi connectivity index (χ1) is 47.2. The van der Waals surface area contributed by atoms with Gasteiger partial charge in [0.05, 0.1) is 0 Å². The standard InChI is InChI=1S/C18H20O8S.C16H16O8S.C13H16O4S.C11H12O4S.C10H10O4S/c1-9(2)15(19)23-7-25-17(21)13-11(5)12(6)14(27-13)18(22)26-8-24-16(20)10(3)4;1-9(2)13(17)21-7-23-15(19)11-5-6-12(25-11)16(20)24-8-22-14(18)10(3)4;1-7(2)12(14)16-6-17-13(15)11-9(4)8(3)10(5)18-11;1-7(2)10(12)14-6-15-11(13)9-5-4-8(3)16-9;1-7(2)9(11)13-6-14-10(12)8-4-3-5-15-8/h1,3,7-8H2,2,4-6H3;5-6H,1,3,7-8H2,2,4H3;1,6H2,2-5H3;4-5H,1,6H2,2-3H3;3-5H,1,6H2,2H3. The number of hydrogen-bond acceptors (Lipinski definition) is 33. The molecule has 0 aliphatic carbocycles. The summed E-state index contributed by atoms with van der Waals surface area (Å²) in [6.45, 7) is 41.7. The van der Waals surface area contributed by atoms with Crippen LogP contribution in [0.15, 0.2) is 127 Å². The molecule has 0 aromatic carbocycles. The SMILES string of the molecule is C=C(C)C(=O)OCOC(=O)c1ccc(C(=O)OCOC(=O)C(=C)C)s1.C=C(C)C(=O)OCOC(=O)c1ccc(C)s1.C=C(C)C(=O)OCOC(=O)c1cccs1.C=C(C)C(=O)OCOC(=O)c1sc(C(=O)OCOC(=O)C(=C)C)c(C)c1C.C=C(C)C(=O)OCOC(=O)c1sc(C)c(C)c1C. The van der Waals surface area contributed by atoms with Gasteiger partial charge in [-0.3, -0.25) is 0 Å². The maximum absolute atomic E-state index is 12.1. The van der Waals surface area contributed by atoms with E-state index in [4.69, 9.17) is 47.4 Å². The van der Waals surface area contributed by atoms with Gasteiger partial charge in [-0.2, -0.15) is 0 Å². The molecule has 28 nitrogen and oxygen atoms in total. The molecule has 0 amide bonds. The molecular formula is C68H74O28S5. The van der Waals surface area contributed by atoms with Crippen molar-refractivity contribution >= 4 is 140 Å². The fourth-order valence-corrected chi connectivity index (χ4v) is 10.0. The Hall–Kier alpha value is -10.7. The number of esters is 14. The van der Waals surface area contributed by atoms with Crippen molar-refractivity contribution in [3.05, 3.63) is 193 Å². The van der Waals surface area contributed by atoms with Crippen molar-refractivity contribution in [3.63, 3.8) is 0 Å². The van der Waals surface area contributed by atoms with Gasteiger partial charge >= 0.3 is 83.6 Å². The van der Waals surface area contributed by atoms with Crippen LogP contribution >= 0.6 is 56.7 Å². The topological polar surface area (TPSA) is 368 Å². The van der Waals surface area contributed by atoms with Gasteiger partial charge in [-0.15, -0.1) is 56.7 Å². The second kappa shape index (κ2) is 45.0. The van der Waals surface area contributed by atoms with Gasteiger partial charge in [-0.25, -0.2) is 67.1 Å². The van der Waals surface area contributed by atoms with E-state index < -0.39 is 111 Å². The van der Waals surface area contributed by atoms with Crippen LogP contribution in [0.1, 0.15) is 148 Å². The third kappa shape index (κ3) is 32.7. The van der Waals surface area contributed by atoms with Crippen molar-refractivity contribution in [3.8, 4) is 0 Å². The van der Waals surface area contributed by atoms with Gasteiger partial charge in [0.1, 0.15) is 34.1 Å². The first kappa shape index (κ1) is 88.3. The zero-order chi connectivity index (χ0) is 77.0. The van der Waals surface area contributed by atoms with Gasteiger partial charge in [-0.05, 0) is 148 Å². The first-order valence-electron chi connectivity index (χ1n) is 28.6. The van der Waals surface area contributed by atoms with Gasteiger partial charge in [-0.1, -0.05) is 52.1 Å². The maximum Gasteiger partial charge on any atom is 0.351 e. The average Bonchev–Trinajstić information content (AvgIpc) is 1.67. The first-order valence-corrected chi connectivity index (χ1v) is 32.7. The van der Waals surface area contributed by atoms with Crippen molar-refractivity contribution in [2.75, 3.05) is 47.6 Å². The molecule has 5 heterocycles. The highest BCUT2D eigenvalue weighted by molar-refractivity contribution is 7.16. The Labute approximate surface area is 600 Å². The smallest absolute Gasteiger partial charge is 0.351 e. The van der Waals surface area contributed by atoms with Gasteiger partial charge in [0.25, 0.3) is 0 Å². The third-order valence-electron chi connectivity index (χ3n) is 11.5. The van der Waals surface area contributed by atoms with E-state index in [1.807, 2.05) is 33.8 Å². The van der Waals surface area contributed by atoms with E-state index in [2.05, 4.69) is 65.0 Å². The number of rotatable bonds is 28. The number of ether oxygens (including phenoxy) is 14. The third-order valence-corrected chi connectivity index (χ3v) is 17.0. The van der Waals surface area contributed by atoms with E-state index in [9.17, 15) is 67.1 Å². The molecule has 0 saturated carbocycles. The highest BCUT2D eigenvalue weighted by atomic mass is 32.1. The minimum atomic E-state index is -0.771. The quantitative estimate of drug-likeness (QED) is 0.0194. The zero-order valence-electron chi connectivity index (χ0n) is 57.4. The molecular weight excluding hydrogens is 1430 g/mol. The molecule has 33 heteroatoms. The van der Waals surface area contributed by atoms with Crippen LogP contribution in [0.3, 0.4) is 0 Å². The molecule has 0 fully saturated rings. The van der Waals surface area contributed by atoms with E-state index in [1.165, 1.54) is 94.6 Å². The average molecular weight is 1500 g/mol. The summed E-state index contributed by atoms with van der Waals surface area (Å²) in [6.07, 6.45) is 0. The Kier molecular flexibility index (Phi) is 39.4. The molecule has 0 spiro atoms. The van der Waals surface area contributed by atoms with E-state index >= 15 is 0 Å². The van der Waals surface area contributed by atoms with Gasteiger partial charge in [0.15, 0.2) is 0 Å². The summed E-state index contributed by atoms with van der Waals surface area (Å²) >= 11 is 5.66. The van der Waals surface area contributed by atoms with Crippen LogP contribution in [-0.4, -0.2) is 131 Å². The Bertz CT molecular complexity index is 3830. The van der Waals surface area contributed by atoms with Crippen LogP contribution in [0, 0.1) is 41.5 Å². The summed E-state index contributed by atoms with van der Waals surface area (Å²) in [6, 6.07) is 9.56. The zero-order valence-corrected chi connectivity index (χ0v) is 61.5. The van der Waals surface area contributed by atoms with E-state index in [1.54, 1.807) is 37.4 Å². The predicted octanol–water partition coefficient (Wildman–Crippen LogP) is 12.2. The van der Waals surface area contributed by atoms with Crippen molar-refractivity contribution in [2.24, 2.45) is 0 Å². The molecule has 544 valence electrons. The Morgan fingerprint density at radius 1 is 0.277 bits per heavy atom. The van der Waals surface area contributed by atoms with Crippen molar-refractivity contribution in [2.45, 2.75) is 90.0 Å². The van der Waals surface area contributed by atoms with Crippen molar-refractivity contribution in [1.82, 2.24) is 0 Å². The monoisotopic (exact) mass is 1500 g/mol. The number of aryl methyl sites for hydroxylation is 2. The molecule has 0 unspecified atom stereocenters. The molecule has 101 heavy (non-hydrogen) atoms. The summed E-state index contributed by atoms with van der Waals surface area (Å²) in [5.41, 5.74) is 4.55. The molecule has 0 bridgehead atoms. The van der Waals surface area contributed by atoms with Crippen molar-refractivity contribution < 1.29 is 133 Å². The lowest BCUT2D eigenvalue weighted by Gasteiger charge is -2.05. The summed E-state index contributed by atoms with van der Waals surface area (Å²) in [7, 11) is 0. The van der Waals surface area contributed by atoms with E-state index in [0.717, 1.165) is 43.6 Å². The largest absolute Gasteiger partial charge is 0.425 e. The second-order valence-electron chi connectivity index (χ2n) is 20.1. The Balaban J connectivity index is 0.000000643. The molecule has 5 aromatic heterocycles. The van der Waals surface area contributed by atoms with E-state index in [0.29, 0.717) is 25.8 Å². The number of thiophene rings is 5. The summed E-state index contributed by atoms with van der Waals surface area (Å²) in [5, 5.41) is 1.76. The van der Waals surface area contributed by atoms with Crippen LogP contribution < -0.4 is 0 Å². The molecule has 0 radical (unpaired) electrons. The fourth-order valence-electron chi connectivity index (χ4n) is 5.72. The molecule has 0 atom stereocenters. The van der Waals surface area contributed by atoms with Gasteiger partial charge in [0.2, 0.25) is 47.6 Å². The molecule has 0 saturated heterocycles. The summed E-state index contributed by atoms with van der Waals surface area (Å²) in [5.74, 6) is -8.96. The van der Waals surface area contributed by atoms with Crippen LogP contribution in [0.2, 0.25) is 0 Å². The lowest BCUT2D eigenvalue weighted by atomic mass is 10.1. The van der Waals surface area contributed by atoms with Gasteiger partial charge in [0, 0.05) is 48.8 Å². The predicted molar refractivity (Wildman–Crippen MR) is 368 cm³/mol. The second-order valence-corrected chi connectivity index (χ2v) is 25.7. The number of carbonyl (C=O) groups is 14. The van der Waals surface area contributed by atoms with Crippen LogP contribution in [0.4, 0.5) is 0 Å². The highest BCUT2D eigenvalue weighted by Crippen LogP contribution is 2.30. The molecule has 5 aromatic rings. The van der Waals surface area contributed by atoms with Crippen LogP contribution in [0.5, 0.6) is 0 Å². The lowest BCUT2D eigenvalue weighted by Crippen LogP contribution is -2.13. The molecule has 0 aliphatic heterocycles. The van der Waals surface area contributed by atoms with E-state index in [-0.39, 0.29) is 78.9 Å². The molecule has 0 aliphatic rings. The summed E-state index contributed by atoms with van der Waals surface area (Å²) < 4.78 is 66.1. The Morgan fingerprint density at radius 2 is 0.515 bits per heavy atom. The Morgan fingerprint density at radius 3 is 0.743 bits per heavy atom. The molecule has 0 N–H and O–H groups in total. The minimum Gasteiger partial charge on any atom is -0.425 e. The lowest BCUT2D eigenvalue weighted by molar-refractivity contribution is -0.148. The number of hydrogen-bond donors (Lipinski definition) is 0. The maximum atomic E-state index is 12.1. The normalized spacial score (nSPS) is 9.75. The highest BCUT2D eigenvalue weighted by Gasteiger charge is 2.25. The summed E-state index contributed by atoms with van der Waals surface area (Å²) in [4.78, 5) is 164.